The lowest BCUT2D eigenvalue weighted by Gasteiger charge is -2.37. The Bertz CT molecular complexity index is 432. The molecule has 0 unspecified atom stereocenters. The molecule has 0 saturated carbocycles. The van der Waals surface area contributed by atoms with Crippen LogP contribution in [0.2, 0.25) is 5.04 Å². The van der Waals surface area contributed by atoms with Crippen molar-refractivity contribution in [3.05, 3.63) is 0 Å². The minimum atomic E-state index is -0.634. The maximum Gasteiger partial charge on any atom is 0.408 e. The summed E-state index contributed by atoms with van der Waals surface area (Å²) in [6, 6.07) is -0.598. The summed E-state index contributed by atoms with van der Waals surface area (Å²) in [6.07, 6.45) is 0.145. The molecule has 2 atom stereocenters. The third-order valence-corrected chi connectivity index (χ3v) is 6.35. The predicted molar refractivity (Wildman–Crippen MR) is 93.1 cm³/mol. The second-order valence-electron chi connectivity index (χ2n) is 8.22. The van der Waals surface area contributed by atoms with E-state index < -0.39 is 27.5 Å². The topological polar surface area (TPSA) is 76.7 Å². The molecule has 0 radical (unpaired) electrons. The van der Waals surface area contributed by atoms with E-state index in [9.17, 15) is 9.59 Å². The van der Waals surface area contributed by atoms with Crippen LogP contribution in [0.4, 0.5) is 4.79 Å². The van der Waals surface area contributed by atoms with Gasteiger partial charge in [0.2, 0.25) is 5.91 Å². The van der Waals surface area contributed by atoms with E-state index in [0.717, 1.165) is 0 Å². The van der Waals surface area contributed by atoms with Crippen molar-refractivity contribution in [2.45, 2.75) is 77.6 Å². The molecule has 6 nitrogen and oxygen atoms in total. The van der Waals surface area contributed by atoms with Crippen LogP contribution in [0, 0.1) is 5.92 Å². The van der Waals surface area contributed by atoms with Crippen molar-refractivity contribution in [3.8, 4) is 0 Å². The quantitative estimate of drug-likeness (QED) is 0.419. The van der Waals surface area contributed by atoms with E-state index in [2.05, 4.69) is 38.3 Å². The number of alkyl carbamates (subject to hydrolysis) is 1. The summed E-state index contributed by atoms with van der Waals surface area (Å²) in [4.78, 5) is 23.4. The number of hydrogen-bond acceptors (Lipinski definition) is 4. The summed E-state index contributed by atoms with van der Waals surface area (Å²) in [7, 11) is -0.634. The van der Waals surface area contributed by atoms with Crippen LogP contribution in [-0.2, 0) is 14.0 Å². The van der Waals surface area contributed by atoms with Gasteiger partial charge in [-0.1, -0.05) is 27.7 Å². The average Bonchev–Trinajstić information content (AvgIpc) is 2.37. The van der Waals surface area contributed by atoms with Gasteiger partial charge in [0.05, 0.1) is 6.04 Å². The number of carbonyl (C=O) groups is 2. The number of ether oxygens (including phenoxy) is 1. The molecule has 7 heteroatoms. The van der Waals surface area contributed by atoms with Crippen LogP contribution in [0.15, 0.2) is 0 Å². The van der Waals surface area contributed by atoms with Crippen LogP contribution in [0.25, 0.3) is 0 Å². The smallest absolute Gasteiger partial charge is 0.408 e. The molecule has 23 heavy (non-hydrogen) atoms. The summed E-state index contributed by atoms with van der Waals surface area (Å²) in [5, 5.41) is 5.70. The van der Waals surface area contributed by atoms with Gasteiger partial charge in [-0.2, -0.15) is 0 Å². The highest BCUT2D eigenvalue weighted by molar-refractivity contribution is 6.32. The monoisotopic (exact) mass is 344 g/mol. The zero-order chi connectivity index (χ0) is 17.8. The second kappa shape index (κ2) is 7.66. The van der Waals surface area contributed by atoms with E-state index in [-0.39, 0.29) is 17.0 Å². The molecule has 0 spiro atoms. The highest BCUT2D eigenvalue weighted by Crippen LogP contribution is 2.32. The third kappa shape index (κ3) is 6.51. The molecule has 1 aliphatic rings. The summed E-state index contributed by atoms with van der Waals surface area (Å²) < 4.78 is 11.1. The summed E-state index contributed by atoms with van der Waals surface area (Å²) >= 11 is 0. The van der Waals surface area contributed by atoms with Gasteiger partial charge in [0, 0.05) is 6.61 Å². The van der Waals surface area contributed by atoms with Crippen LogP contribution >= 0.6 is 0 Å². The van der Waals surface area contributed by atoms with Gasteiger partial charge in [0.25, 0.3) is 0 Å². The third-order valence-electron chi connectivity index (χ3n) is 4.29. The van der Waals surface area contributed by atoms with Crippen molar-refractivity contribution >= 4 is 21.8 Å². The largest absolute Gasteiger partial charge is 0.444 e. The summed E-state index contributed by atoms with van der Waals surface area (Å²) in [5.41, 5.74) is -0.572. The van der Waals surface area contributed by atoms with Crippen molar-refractivity contribution in [3.63, 3.8) is 0 Å². The molecular weight excluding hydrogens is 312 g/mol. The zero-order valence-corrected chi connectivity index (χ0v) is 16.9. The number of rotatable bonds is 7. The second-order valence-corrected chi connectivity index (χ2v) is 10.7. The lowest BCUT2D eigenvalue weighted by molar-refractivity contribution is -0.132. The minimum absolute atomic E-state index is 0.0776. The van der Waals surface area contributed by atoms with E-state index in [1.807, 2.05) is 0 Å². The van der Waals surface area contributed by atoms with Gasteiger partial charge in [-0.05, 0) is 38.1 Å². The Kier molecular flexibility index (Phi) is 6.65. The van der Waals surface area contributed by atoms with Crippen molar-refractivity contribution in [2.75, 3.05) is 6.61 Å². The van der Waals surface area contributed by atoms with Gasteiger partial charge in [-0.3, -0.25) is 4.79 Å². The molecule has 0 aromatic heterocycles. The Hall–Kier alpha value is -1.08. The minimum Gasteiger partial charge on any atom is -0.444 e. The van der Waals surface area contributed by atoms with Gasteiger partial charge in [-0.25, -0.2) is 4.79 Å². The summed E-state index contributed by atoms with van der Waals surface area (Å²) in [6.45, 7) is 14.9. The Balaban J connectivity index is 2.32. The summed E-state index contributed by atoms with van der Waals surface area (Å²) in [5.74, 6) is 0.430. The number of hydrogen-bond donors (Lipinski definition) is 2. The van der Waals surface area contributed by atoms with E-state index in [0.29, 0.717) is 18.9 Å². The molecule has 0 bridgehead atoms. The molecule has 1 saturated heterocycles. The van der Waals surface area contributed by atoms with E-state index in [4.69, 9.17) is 9.16 Å². The zero-order valence-electron chi connectivity index (χ0n) is 15.5. The standard InChI is InChI=1S/C16H32N2O4Si/c1-10(2)16(6,7)23-21-9-8-11-12(13(19)17-11)18-14(20)22-15(3,4)5/h10-12H,8-9,23H2,1-7H3,(H,17,19)(H,18,20)/t11-,12+/m1/s1. The van der Waals surface area contributed by atoms with Crippen LogP contribution in [0.1, 0.15) is 54.9 Å². The molecule has 1 aliphatic heterocycles. The molecule has 1 rings (SSSR count). The fourth-order valence-electron chi connectivity index (χ4n) is 1.99. The predicted octanol–water partition coefficient (Wildman–Crippen LogP) is 1.72. The Labute approximate surface area is 142 Å². The van der Waals surface area contributed by atoms with Gasteiger partial charge < -0.3 is 19.8 Å². The van der Waals surface area contributed by atoms with Crippen LogP contribution in [-0.4, -0.2) is 46.1 Å². The molecule has 2 N–H and O–H groups in total. The van der Waals surface area contributed by atoms with Crippen LogP contribution < -0.4 is 10.6 Å². The highest BCUT2D eigenvalue weighted by Gasteiger charge is 2.40. The SMILES string of the molecule is CC(C)C(C)(C)[SiH2]OCC[C@H]1NC(=O)[C@H]1NC(=O)OC(C)(C)C. The van der Waals surface area contributed by atoms with Crippen molar-refractivity contribution in [2.24, 2.45) is 5.92 Å². The first kappa shape index (κ1) is 20.0. The van der Waals surface area contributed by atoms with E-state index in [1.54, 1.807) is 20.8 Å². The Morgan fingerprint density at radius 2 is 1.91 bits per heavy atom. The fraction of sp³-hybridized carbons (Fsp3) is 0.875. The molecule has 134 valence electrons. The van der Waals surface area contributed by atoms with Crippen LogP contribution in [0.3, 0.4) is 0 Å². The molecule has 1 fully saturated rings. The number of β-lactam (4-membered cyclic amide) rings is 1. The van der Waals surface area contributed by atoms with Gasteiger partial charge in [-0.15, -0.1) is 0 Å². The van der Waals surface area contributed by atoms with Crippen molar-refractivity contribution < 1.29 is 18.8 Å². The first-order chi connectivity index (χ1) is 10.4. The maximum absolute atomic E-state index is 11.8. The lowest BCUT2D eigenvalue weighted by Crippen LogP contribution is -2.69. The number of carbonyl (C=O) groups excluding carboxylic acids is 2. The molecule has 0 aromatic rings. The number of amides is 2. The van der Waals surface area contributed by atoms with Crippen LogP contribution in [0.5, 0.6) is 0 Å². The Morgan fingerprint density at radius 3 is 2.39 bits per heavy atom. The van der Waals surface area contributed by atoms with Crippen molar-refractivity contribution in [1.29, 1.82) is 0 Å². The first-order valence-corrected chi connectivity index (χ1v) is 9.58. The van der Waals surface area contributed by atoms with Gasteiger partial charge in [0.1, 0.15) is 11.6 Å². The molecule has 1 heterocycles. The number of nitrogens with one attached hydrogen (secondary N) is 2. The Morgan fingerprint density at radius 1 is 1.30 bits per heavy atom. The maximum atomic E-state index is 11.8. The van der Waals surface area contributed by atoms with Gasteiger partial charge >= 0.3 is 6.09 Å². The molecule has 2 amide bonds. The average molecular weight is 345 g/mol. The molecular formula is C16H32N2O4Si. The first-order valence-electron chi connectivity index (χ1n) is 8.30. The fourth-order valence-corrected chi connectivity index (χ4v) is 3.16. The highest BCUT2D eigenvalue weighted by atomic mass is 28.2. The van der Waals surface area contributed by atoms with E-state index in [1.165, 1.54) is 0 Å². The normalized spacial score (nSPS) is 22.2. The lowest BCUT2D eigenvalue weighted by atomic mass is 9.96. The molecule has 0 aromatic carbocycles. The van der Waals surface area contributed by atoms with E-state index >= 15 is 0 Å². The van der Waals surface area contributed by atoms with Crippen molar-refractivity contribution in [1.82, 2.24) is 10.6 Å². The molecule has 0 aliphatic carbocycles. The van der Waals surface area contributed by atoms with Gasteiger partial charge in [0.15, 0.2) is 9.76 Å².